The summed E-state index contributed by atoms with van der Waals surface area (Å²) in [4.78, 5) is 27.0. The predicted molar refractivity (Wildman–Crippen MR) is 135 cm³/mol. The van der Waals surface area contributed by atoms with Crippen molar-refractivity contribution >= 4 is 69.2 Å². The molecule has 1 saturated heterocycles. The zero-order chi connectivity index (χ0) is 23.5. The second kappa shape index (κ2) is 9.75. The maximum Gasteiger partial charge on any atom is 0.265 e. The highest BCUT2D eigenvalue weighted by Crippen LogP contribution is 2.32. The molecule has 8 heteroatoms. The van der Waals surface area contributed by atoms with Crippen LogP contribution in [0.25, 0.3) is 16.8 Å². The van der Waals surface area contributed by atoms with E-state index in [2.05, 4.69) is 11.9 Å². The summed E-state index contributed by atoms with van der Waals surface area (Å²) in [6.45, 7) is 4.01. The van der Waals surface area contributed by atoms with Crippen LogP contribution in [0.15, 0.2) is 72.8 Å². The first kappa shape index (κ1) is 23.0. The molecule has 1 aliphatic heterocycles. The number of nitrogens with zero attached hydrogens (tertiary/aromatic N) is 1. The lowest BCUT2D eigenvalue weighted by Crippen LogP contribution is -2.53. The van der Waals surface area contributed by atoms with Gasteiger partial charge in [0.15, 0.2) is 5.11 Å². The van der Waals surface area contributed by atoms with Crippen molar-refractivity contribution in [2.24, 2.45) is 0 Å². The average molecular weight is 497 g/mol. The largest absolute Gasteiger partial charge is 0.488 e. The SMILES string of the molecule is C=CCN1C(=O)C(=Cc2c(OCc3ccc(Cl)cc3Cl)ccc3ccccc23)C(=O)NC1=S. The van der Waals surface area contributed by atoms with Crippen LogP contribution in [0.2, 0.25) is 10.0 Å². The fraction of sp³-hybridized carbons (Fsp3) is 0.0800. The molecule has 1 aliphatic rings. The molecular formula is C25H18Cl2N2O3S. The van der Waals surface area contributed by atoms with Crippen LogP contribution in [-0.2, 0) is 16.2 Å². The van der Waals surface area contributed by atoms with Crippen molar-refractivity contribution in [1.82, 2.24) is 10.2 Å². The molecule has 0 aromatic heterocycles. The third-order valence-corrected chi connectivity index (χ3v) is 6.02. The van der Waals surface area contributed by atoms with E-state index in [0.717, 1.165) is 16.3 Å². The minimum absolute atomic E-state index is 0.0452. The third-order valence-electron chi connectivity index (χ3n) is 5.12. The summed E-state index contributed by atoms with van der Waals surface area (Å²) in [5, 5.41) is 5.39. The van der Waals surface area contributed by atoms with Gasteiger partial charge < -0.3 is 4.74 Å². The number of benzene rings is 3. The Kier molecular flexibility index (Phi) is 6.79. The van der Waals surface area contributed by atoms with Crippen molar-refractivity contribution in [3.63, 3.8) is 0 Å². The molecule has 0 spiro atoms. The van der Waals surface area contributed by atoms with Crippen molar-refractivity contribution in [2.45, 2.75) is 6.61 Å². The Morgan fingerprint density at radius 3 is 2.64 bits per heavy atom. The highest BCUT2D eigenvalue weighted by molar-refractivity contribution is 7.80. The fourth-order valence-electron chi connectivity index (χ4n) is 3.48. The van der Waals surface area contributed by atoms with E-state index in [1.807, 2.05) is 30.3 Å². The van der Waals surface area contributed by atoms with E-state index < -0.39 is 11.8 Å². The first-order valence-corrected chi connectivity index (χ1v) is 11.1. The summed E-state index contributed by atoms with van der Waals surface area (Å²) in [6, 6.07) is 16.5. The third kappa shape index (κ3) is 4.78. The number of hydrogen-bond acceptors (Lipinski definition) is 4. The van der Waals surface area contributed by atoms with Crippen LogP contribution in [0.4, 0.5) is 0 Å². The van der Waals surface area contributed by atoms with Gasteiger partial charge in [0.1, 0.15) is 17.9 Å². The van der Waals surface area contributed by atoms with Crippen molar-refractivity contribution in [3.05, 3.63) is 94.0 Å². The van der Waals surface area contributed by atoms with Crippen molar-refractivity contribution in [3.8, 4) is 5.75 Å². The Bertz CT molecular complexity index is 1340. The Labute approximate surface area is 206 Å². The number of carbonyl (C=O) groups excluding carboxylic acids is 2. The number of halogens is 2. The number of carbonyl (C=O) groups is 2. The van der Waals surface area contributed by atoms with Gasteiger partial charge >= 0.3 is 0 Å². The van der Waals surface area contributed by atoms with Gasteiger partial charge in [-0.1, -0.05) is 65.7 Å². The van der Waals surface area contributed by atoms with Crippen LogP contribution in [0, 0.1) is 0 Å². The Morgan fingerprint density at radius 2 is 1.88 bits per heavy atom. The van der Waals surface area contributed by atoms with Gasteiger partial charge in [0.25, 0.3) is 11.8 Å². The molecule has 5 nitrogen and oxygen atoms in total. The summed E-state index contributed by atoms with van der Waals surface area (Å²) in [6.07, 6.45) is 3.08. The quantitative estimate of drug-likeness (QED) is 0.210. The molecule has 3 aromatic carbocycles. The molecular weight excluding hydrogens is 479 g/mol. The van der Waals surface area contributed by atoms with Crippen LogP contribution in [-0.4, -0.2) is 28.4 Å². The van der Waals surface area contributed by atoms with Crippen molar-refractivity contribution in [1.29, 1.82) is 0 Å². The monoisotopic (exact) mass is 496 g/mol. The molecule has 0 unspecified atom stereocenters. The lowest BCUT2D eigenvalue weighted by Gasteiger charge is -2.28. The van der Waals surface area contributed by atoms with Gasteiger partial charge in [-0.2, -0.15) is 0 Å². The number of rotatable bonds is 6. The van der Waals surface area contributed by atoms with E-state index in [4.69, 9.17) is 40.2 Å². The zero-order valence-corrected chi connectivity index (χ0v) is 19.6. The van der Waals surface area contributed by atoms with E-state index in [0.29, 0.717) is 21.4 Å². The van der Waals surface area contributed by atoms with Gasteiger partial charge in [0.05, 0.1) is 0 Å². The van der Waals surface area contributed by atoms with E-state index in [1.54, 1.807) is 30.3 Å². The summed E-state index contributed by atoms with van der Waals surface area (Å²) in [5.41, 5.74) is 1.31. The Balaban J connectivity index is 1.78. The number of ether oxygens (including phenoxy) is 1. The molecule has 0 atom stereocenters. The van der Waals surface area contributed by atoms with Crippen LogP contribution < -0.4 is 10.1 Å². The van der Waals surface area contributed by atoms with Crippen LogP contribution in [0.3, 0.4) is 0 Å². The van der Waals surface area contributed by atoms with Gasteiger partial charge in [-0.05, 0) is 47.3 Å². The molecule has 166 valence electrons. The fourth-order valence-corrected chi connectivity index (χ4v) is 4.19. The van der Waals surface area contributed by atoms with Gasteiger partial charge in [-0.3, -0.25) is 19.8 Å². The molecule has 2 amide bonds. The molecule has 3 aromatic rings. The van der Waals surface area contributed by atoms with E-state index >= 15 is 0 Å². The Hall–Kier alpha value is -3.19. The number of nitrogens with one attached hydrogen (secondary N) is 1. The molecule has 0 aliphatic carbocycles. The topological polar surface area (TPSA) is 58.6 Å². The standard InChI is InChI=1S/C25H18Cl2N2O3S/c1-2-11-29-24(31)20(23(30)28-25(29)33)13-19-18-6-4-3-5-15(18)8-10-22(19)32-14-16-7-9-17(26)12-21(16)27/h2-10,12-13H,1,11,14H2,(H,28,30,33). The highest BCUT2D eigenvalue weighted by Gasteiger charge is 2.33. The molecule has 0 radical (unpaired) electrons. The van der Waals surface area contributed by atoms with Gasteiger partial charge in [-0.25, -0.2) is 0 Å². The zero-order valence-electron chi connectivity index (χ0n) is 17.3. The van der Waals surface area contributed by atoms with Gasteiger partial charge in [-0.15, -0.1) is 6.58 Å². The molecule has 4 rings (SSSR count). The summed E-state index contributed by atoms with van der Waals surface area (Å²) in [7, 11) is 0. The maximum atomic E-state index is 13.0. The minimum Gasteiger partial charge on any atom is -0.488 e. The lowest BCUT2D eigenvalue weighted by molar-refractivity contribution is -0.128. The first-order valence-electron chi connectivity index (χ1n) is 9.97. The smallest absolute Gasteiger partial charge is 0.265 e. The lowest BCUT2D eigenvalue weighted by atomic mass is 10.00. The van der Waals surface area contributed by atoms with Crippen molar-refractivity contribution in [2.75, 3.05) is 6.54 Å². The van der Waals surface area contributed by atoms with Crippen LogP contribution in [0.1, 0.15) is 11.1 Å². The van der Waals surface area contributed by atoms with Crippen molar-refractivity contribution < 1.29 is 14.3 Å². The second-order valence-electron chi connectivity index (χ2n) is 7.24. The predicted octanol–water partition coefficient (Wildman–Crippen LogP) is 5.54. The molecule has 1 heterocycles. The van der Waals surface area contributed by atoms with Crippen LogP contribution >= 0.6 is 35.4 Å². The molecule has 1 N–H and O–H groups in total. The highest BCUT2D eigenvalue weighted by atomic mass is 35.5. The summed E-state index contributed by atoms with van der Waals surface area (Å²) in [5.74, 6) is -0.565. The molecule has 1 fully saturated rings. The van der Waals surface area contributed by atoms with E-state index in [1.165, 1.54) is 11.0 Å². The Morgan fingerprint density at radius 1 is 1.09 bits per heavy atom. The second-order valence-corrected chi connectivity index (χ2v) is 8.47. The number of amides is 2. The molecule has 0 bridgehead atoms. The summed E-state index contributed by atoms with van der Waals surface area (Å²) >= 11 is 17.4. The number of hydrogen-bond donors (Lipinski definition) is 1. The number of fused-ring (bicyclic) bond motifs is 1. The van der Waals surface area contributed by atoms with E-state index in [9.17, 15) is 9.59 Å². The van der Waals surface area contributed by atoms with Crippen LogP contribution in [0.5, 0.6) is 5.75 Å². The normalized spacial score (nSPS) is 15.2. The van der Waals surface area contributed by atoms with E-state index in [-0.39, 0.29) is 23.8 Å². The first-order chi connectivity index (χ1) is 15.9. The average Bonchev–Trinajstić information content (AvgIpc) is 2.79. The van der Waals surface area contributed by atoms with Gasteiger partial charge in [0.2, 0.25) is 0 Å². The summed E-state index contributed by atoms with van der Waals surface area (Å²) < 4.78 is 6.09. The van der Waals surface area contributed by atoms with Gasteiger partial charge in [0, 0.05) is 27.7 Å². The molecule has 33 heavy (non-hydrogen) atoms. The maximum absolute atomic E-state index is 13.0. The molecule has 0 saturated carbocycles. The number of thiocarbonyl (C=S) groups is 1. The minimum atomic E-state index is -0.565.